The molecule has 34 heavy (non-hydrogen) atoms. The lowest BCUT2D eigenvalue weighted by molar-refractivity contribution is 0.347. The fraction of sp³-hybridized carbons (Fsp3) is 0.370. The Morgan fingerprint density at radius 3 is 2.41 bits per heavy atom. The van der Waals surface area contributed by atoms with E-state index in [9.17, 15) is 0 Å². The largest absolute Gasteiger partial charge is 0.490 e. The molecule has 7 nitrogen and oxygen atoms in total. The highest BCUT2D eigenvalue weighted by Crippen LogP contribution is 2.31. The molecule has 178 valence electrons. The Kier molecular flexibility index (Phi) is 7.30. The van der Waals surface area contributed by atoms with Crippen LogP contribution in [0, 0.1) is 5.41 Å². The number of aromatic amines is 1. The quantitative estimate of drug-likeness (QED) is 0.302. The zero-order valence-electron chi connectivity index (χ0n) is 20.4. The first-order chi connectivity index (χ1) is 16.4. The molecule has 2 aromatic carbocycles. The van der Waals surface area contributed by atoms with Crippen molar-refractivity contribution in [2.45, 2.75) is 47.1 Å². The molecular formula is C27H33N5O2. The van der Waals surface area contributed by atoms with Crippen LogP contribution in [0.25, 0.3) is 22.3 Å². The summed E-state index contributed by atoms with van der Waals surface area (Å²) in [4.78, 5) is 0. The zero-order valence-corrected chi connectivity index (χ0v) is 20.4. The van der Waals surface area contributed by atoms with Gasteiger partial charge in [-0.3, -0.25) is 0 Å². The van der Waals surface area contributed by atoms with E-state index in [0.717, 1.165) is 36.4 Å². The number of ether oxygens (including phenoxy) is 2. The number of aryl methyl sites for hydroxylation is 1. The predicted molar refractivity (Wildman–Crippen MR) is 135 cm³/mol. The van der Waals surface area contributed by atoms with Crippen molar-refractivity contribution in [2.24, 2.45) is 5.41 Å². The molecule has 0 unspecified atom stereocenters. The summed E-state index contributed by atoms with van der Waals surface area (Å²) in [6.45, 7) is 11.0. The number of H-pyrrole nitrogens is 1. The van der Waals surface area contributed by atoms with Gasteiger partial charge >= 0.3 is 0 Å². The molecule has 0 aliphatic rings. The molecule has 0 saturated carbocycles. The van der Waals surface area contributed by atoms with Gasteiger partial charge in [0.25, 0.3) is 0 Å². The first kappa shape index (κ1) is 23.5. The third-order valence-electron chi connectivity index (χ3n) is 5.47. The van der Waals surface area contributed by atoms with Crippen molar-refractivity contribution in [1.82, 2.24) is 25.2 Å². The summed E-state index contributed by atoms with van der Waals surface area (Å²) in [5.41, 5.74) is 3.69. The number of aromatic nitrogens is 5. The Bertz CT molecular complexity index is 1220. The molecule has 2 heterocycles. The van der Waals surface area contributed by atoms with Gasteiger partial charge in [-0.25, -0.2) is 0 Å². The number of fused-ring (bicyclic) bond motifs is 1. The van der Waals surface area contributed by atoms with Crippen LogP contribution < -0.4 is 9.47 Å². The number of rotatable bonds is 10. The zero-order chi connectivity index (χ0) is 24.0. The predicted octanol–water partition coefficient (Wildman–Crippen LogP) is 5.83. The molecule has 0 aliphatic carbocycles. The monoisotopic (exact) mass is 459 g/mol. The van der Waals surface area contributed by atoms with E-state index in [1.165, 1.54) is 16.5 Å². The number of nitrogens with zero attached hydrogens (tertiary/aromatic N) is 4. The second kappa shape index (κ2) is 10.5. The van der Waals surface area contributed by atoms with Crippen LogP contribution in [0.1, 0.15) is 39.7 Å². The lowest BCUT2D eigenvalue weighted by atomic mass is 9.97. The molecule has 4 aromatic rings. The summed E-state index contributed by atoms with van der Waals surface area (Å²) in [6.07, 6.45) is 8.25. The third kappa shape index (κ3) is 5.84. The van der Waals surface area contributed by atoms with Crippen molar-refractivity contribution in [3.8, 4) is 22.9 Å². The Balaban J connectivity index is 1.33. The number of nitrogens with one attached hydrogen (secondary N) is 1. The Labute approximate surface area is 200 Å². The van der Waals surface area contributed by atoms with Crippen molar-refractivity contribution >= 4 is 10.9 Å². The maximum atomic E-state index is 6.14. The fourth-order valence-electron chi connectivity index (χ4n) is 4.01. The van der Waals surface area contributed by atoms with Gasteiger partial charge in [0.1, 0.15) is 24.7 Å². The number of benzene rings is 2. The molecule has 0 fully saturated rings. The average Bonchev–Trinajstić information content (AvgIpc) is 3.48. The van der Waals surface area contributed by atoms with Crippen LogP contribution in [0.15, 0.2) is 60.8 Å². The molecule has 0 saturated heterocycles. The molecule has 1 N–H and O–H groups in total. The Morgan fingerprint density at radius 2 is 1.74 bits per heavy atom. The highest BCUT2D eigenvalue weighted by molar-refractivity contribution is 5.86. The maximum absolute atomic E-state index is 6.14. The van der Waals surface area contributed by atoms with Crippen molar-refractivity contribution in [1.29, 1.82) is 0 Å². The second-order valence-corrected chi connectivity index (χ2v) is 9.58. The topological polar surface area (TPSA) is 77.8 Å². The van der Waals surface area contributed by atoms with Crippen molar-refractivity contribution in [3.05, 3.63) is 66.4 Å². The summed E-state index contributed by atoms with van der Waals surface area (Å²) < 4.78 is 14.3. The van der Waals surface area contributed by atoms with Gasteiger partial charge < -0.3 is 14.0 Å². The highest BCUT2D eigenvalue weighted by atomic mass is 16.5. The van der Waals surface area contributed by atoms with E-state index in [0.29, 0.717) is 19.0 Å². The van der Waals surface area contributed by atoms with Gasteiger partial charge in [0, 0.05) is 34.8 Å². The van der Waals surface area contributed by atoms with Crippen molar-refractivity contribution in [3.63, 3.8) is 0 Å². The van der Waals surface area contributed by atoms with E-state index in [-0.39, 0.29) is 5.41 Å². The van der Waals surface area contributed by atoms with Gasteiger partial charge in [-0.2, -0.15) is 5.21 Å². The van der Waals surface area contributed by atoms with Crippen LogP contribution in [-0.4, -0.2) is 38.4 Å². The third-order valence-corrected chi connectivity index (χ3v) is 5.47. The Hall–Kier alpha value is -3.61. The smallest absolute Gasteiger partial charge is 0.204 e. The fourth-order valence-corrected chi connectivity index (χ4v) is 4.01. The molecular weight excluding hydrogens is 426 g/mol. The molecule has 0 bridgehead atoms. The summed E-state index contributed by atoms with van der Waals surface area (Å²) in [5.74, 6) is 2.31. The SMILES string of the molecule is CCCc1c(OC/C=C/COc2ccc(-c3nn[nH]n3)cc2)ccc2c1ccn2CC(C)(C)C. The van der Waals surface area contributed by atoms with Crippen LogP contribution >= 0.6 is 0 Å². The van der Waals surface area contributed by atoms with Gasteiger partial charge in [0.15, 0.2) is 0 Å². The first-order valence-corrected chi connectivity index (χ1v) is 11.8. The number of hydrogen-bond acceptors (Lipinski definition) is 5. The van der Waals surface area contributed by atoms with Gasteiger partial charge in [-0.15, -0.1) is 10.2 Å². The minimum Gasteiger partial charge on any atom is -0.490 e. The molecule has 7 heteroatoms. The normalized spacial score (nSPS) is 12.0. The molecule has 0 atom stereocenters. The van der Waals surface area contributed by atoms with E-state index in [4.69, 9.17) is 9.47 Å². The van der Waals surface area contributed by atoms with Crippen LogP contribution in [0.4, 0.5) is 0 Å². The van der Waals surface area contributed by atoms with E-state index in [1.807, 2.05) is 36.4 Å². The van der Waals surface area contributed by atoms with Gasteiger partial charge in [-0.1, -0.05) is 34.1 Å². The summed E-state index contributed by atoms with van der Waals surface area (Å²) in [5, 5.41) is 15.3. The van der Waals surface area contributed by atoms with E-state index in [1.54, 1.807) is 0 Å². The second-order valence-electron chi connectivity index (χ2n) is 9.58. The molecule has 2 aromatic heterocycles. The standard InChI is InChI=1S/C27H33N5O2/c1-5-8-23-22-15-16-32(19-27(2,3)4)24(22)13-14-25(23)34-18-7-6-17-33-21-11-9-20(10-12-21)26-28-30-31-29-26/h6-7,9-16H,5,8,17-19H2,1-4H3,(H,28,29,30,31)/b7-6+. The van der Waals surface area contributed by atoms with E-state index in [2.05, 4.69) is 77.3 Å². The van der Waals surface area contributed by atoms with Gasteiger partial charge in [-0.05, 0) is 71.7 Å². The summed E-state index contributed by atoms with van der Waals surface area (Å²) in [7, 11) is 0. The van der Waals surface area contributed by atoms with Crippen LogP contribution in [-0.2, 0) is 13.0 Å². The molecule has 0 aliphatic heterocycles. The molecule has 4 rings (SSSR count). The minimum atomic E-state index is 0.231. The number of hydrogen-bond donors (Lipinski definition) is 1. The Morgan fingerprint density at radius 1 is 0.971 bits per heavy atom. The minimum absolute atomic E-state index is 0.231. The highest BCUT2D eigenvalue weighted by Gasteiger charge is 2.15. The number of tetrazole rings is 1. The first-order valence-electron chi connectivity index (χ1n) is 11.8. The van der Waals surface area contributed by atoms with Gasteiger partial charge in [0.05, 0.1) is 0 Å². The molecule has 0 spiro atoms. The lowest BCUT2D eigenvalue weighted by Gasteiger charge is -2.20. The molecule has 0 radical (unpaired) electrons. The van der Waals surface area contributed by atoms with Crippen molar-refractivity contribution < 1.29 is 9.47 Å². The lowest BCUT2D eigenvalue weighted by Crippen LogP contribution is -2.14. The summed E-state index contributed by atoms with van der Waals surface area (Å²) in [6, 6.07) is 14.1. The van der Waals surface area contributed by atoms with Gasteiger partial charge in [0.2, 0.25) is 5.82 Å². The van der Waals surface area contributed by atoms with Crippen LogP contribution in [0.5, 0.6) is 11.5 Å². The van der Waals surface area contributed by atoms with Crippen molar-refractivity contribution in [2.75, 3.05) is 13.2 Å². The van der Waals surface area contributed by atoms with Crippen LogP contribution in [0.2, 0.25) is 0 Å². The van der Waals surface area contributed by atoms with E-state index < -0.39 is 0 Å². The summed E-state index contributed by atoms with van der Waals surface area (Å²) >= 11 is 0. The molecule has 0 amide bonds. The maximum Gasteiger partial charge on any atom is 0.204 e. The average molecular weight is 460 g/mol. The van der Waals surface area contributed by atoms with Crippen LogP contribution in [0.3, 0.4) is 0 Å². The van der Waals surface area contributed by atoms with E-state index >= 15 is 0 Å².